The molecule has 2 aromatic heterocycles. The summed E-state index contributed by atoms with van der Waals surface area (Å²) in [7, 11) is -1.99. The molecule has 2 aromatic rings. The maximum atomic E-state index is 12.8. The number of aryl methyl sites for hydroxylation is 2. The first-order valence-corrected chi connectivity index (χ1v) is 9.71. The molecule has 1 aliphatic carbocycles. The van der Waals surface area contributed by atoms with Gasteiger partial charge in [-0.05, 0) is 37.8 Å². The van der Waals surface area contributed by atoms with Gasteiger partial charge in [0.25, 0.3) is 10.0 Å². The summed E-state index contributed by atoms with van der Waals surface area (Å²) in [6, 6.07) is 3.62. The summed E-state index contributed by atoms with van der Waals surface area (Å²) in [6.07, 6.45) is 5.25. The van der Waals surface area contributed by atoms with E-state index in [0.717, 1.165) is 42.6 Å². The van der Waals surface area contributed by atoms with E-state index in [1.54, 1.807) is 19.3 Å². The number of hydrogen-bond donors (Lipinski definition) is 1. The Morgan fingerprint density at radius 2 is 1.88 bits per heavy atom. The quantitative estimate of drug-likeness (QED) is 0.925. The third-order valence-electron chi connectivity index (χ3n) is 4.30. The van der Waals surface area contributed by atoms with Gasteiger partial charge in [0.15, 0.2) is 5.03 Å². The normalized spacial score (nSPS) is 15.2. The first-order valence-electron chi connectivity index (χ1n) is 8.22. The summed E-state index contributed by atoms with van der Waals surface area (Å²) in [4.78, 5) is 4.38. The standard InChI is InChI=1S/C17H24N4O2S/c1-17(2,3)15-10-9-12(11-18-15)20-24(22,23)16-13-7-5-6-8-14(13)19-21(16)4/h9-11,20H,5-8H2,1-4H3. The van der Waals surface area contributed by atoms with Crippen LogP contribution in [0.1, 0.15) is 50.6 Å². The minimum Gasteiger partial charge on any atom is -0.277 e. The van der Waals surface area contributed by atoms with Gasteiger partial charge in [0, 0.05) is 23.7 Å². The minimum atomic E-state index is -3.68. The summed E-state index contributed by atoms with van der Waals surface area (Å²) < 4.78 is 29.8. The second-order valence-corrected chi connectivity index (χ2v) is 8.95. The Hall–Kier alpha value is -1.89. The van der Waals surface area contributed by atoms with Crippen LogP contribution in [-0.2, 0) is 35.3 Å². The first kappa shape index (κ1) is 17.0. The predicted molar refractivity (Wildman–Crippen MR) is 93.6 cm³/mol. The summed E-state index contributed by atoms with van der Waals surface area (Å²) >= 11 is 0. The van der Waals surface area contributed by atoms with Gasteiger partial charge in [-0.3, -0.25) is 14.4 Å². The van der Waals surface area contributed by atoms with Crippen molar-refractivity contribution in [1.82, 2.24) is 14.8 Å². The summed E-state index contributed by atoms with van der Waals surface area (Å²) in [6.45, 7) is 6.21. The average Bonchev–Trinajstić information content (AvgIpc) is 2.83. The molecule has 0 aromatic carbocycles. The Balaban J connectivity index is 1.91. The average molecular weight is 348 g/mol. The number of sulfonamides is 1. The molecule has 2 heterocycles. The van der Waals surface area contributed by atoms with E-state index in [1.165, 1.54) is 4.68 Å². The van der Waals surface area contributed by atoms with E-state index >= 15 is 0 Å². The van der Waals surface area contributed by atoms with Gasteiger partial charge in [-0.25, -0.2) is 0 Å². The van der Waals surface area contributed by atoms with Gasteiger partial charge in [0.05, 0.1) is 17.6 Å². The molecule has 0 unspecified atom stereocenters. The molecule has 0 spiro atoms. The molecule has 0 saturated carbocycles. The van der Waals surface area contributed by atoms with Crippen molar-refractivity contribution in [2.24, 2.45) is 7.05 Å². The summed E-state index contributed by atoms with van der Waals surface area (Å²) in [5, 5.41) is 4.66. The highest BCUT2D eigenvalue weighted by Gasteiger charge is 2.28. The van der Waals surface area contributed by atoms with Crippen LogP contribution in [0, 0.1) is 0 Å². The molecule has 7 heteroatoms. The van der Waals surface area contributed by atoms with Crippen molar-refractivity contribution < 1.29 is 8.42 Å². The molecule has 130 valence electrons. The number of pyridine rings is 1. The fourth-order valence-corrected chi connectivity index (χ4v) is 4.55. The van der Waals surface area contributed by atoms with Crippen LogP contribution in [0.2, 0.25) is 0 Å². The smallest absolute Gasteiger partial charge is 0.277 e. The van der Waals surface area contributed by atoms with Crippen LogP contribution in [0.5, 0.6) is 0 Å². The van der Waals surface area contributed by atoms with Crippen LogP contribution in [0.3, 0.4) is 0 Å². The van der Waals surface area contributed by atoms with E-state index in [4.69, 9.17) is 0 Å². The monoisotopic (exact) mass is 348 g/mol. The predicted octanol–water partition coefficient (Wildman–Crippen LogP) is 2.79. The Morgan fingerprint density at radius 3 is 2.50 bits per heavy atom. The second kappa shape index (κ2) is 5.88. The van der Waals surface area contributed by atoms with E-state index < -0.39 is 10.0 Å². The van der Waals surface area contributed by atoms with E-state index in [9.17, 15) is 8.42 Å². The van der Waals surface area contributed by atoms with Gasteiger partial charge < -0.3 is 0 Å². The lowest BCUT2D eigenvalue weighted by atomic mass is 9.92. The molecule has 0 bridgehead atoms. The van der Waals surface area contributed by atoms with Gasteiger partial charge in [-0.1, -0.05) is 20.8 Å². The largest absolute Gasteiger partial charge is 0.279 e. The minimum absolute atomic E-state index is 0.0709. The first-order chi connectivity index (χ1) is 11.2. The van der Waals surface area contributed by atoms with Crippen molar-refractivity contribution in [2.45, 2.75) is 56.9 Å². The maximum absolute atomic E-state index is 12.8. The summed E-state index contributed by atoms with van der Waals surface area (Å²) in [5.74, 6) is 0. The van der Waals surface area contributed by atoms with Crippen molar-refractivity contribution in [3.05, 3.63) is 35.3 Å². The number of hydrogen-bond acceptors (Lipinski definition) is 4. The Bertz CT molecular complexity index is 846. The molecule has 0 amide bonds. The molecule has 1 N–H and O–H groups in total. The number of anilines is 1. The van der Waals surface area contributed by atoms with Crippen molar-refractivity contribution in [3.63, 3.8) is 0 Å². The lowest BCUT2D eigenvalue weighted by Crippen LogP contribution is -2.19. The summed E-state index contributed by atoms with van der Waals surface area (Å²) in [5.41, 5.74) is 3.08. The zero-order valence-corrected chi connectivity index (χ0v) is 15.4. The van der Waals surface area contributed by atoms with Crippen LogP contribution in [0.15, 0.2) is 23.4 Å². The number of nitrogens with zero attached hydrogens (tertiary/aromatic N) is 3. The molecule has 0 radical (unpaired) electrons. The van der Waals surface area contributed by atoms with Crippen LogP contribution in [-0.4, -0.2) is 23.2 Å². The molecular weight excluding hydrogens is 324 g/mol. The molecule has 24 heavy (non-hydrogen) atoms. The molecule has 3 rings (SSSR count). The van der Waals surface area contributed by atoms with Crippen molar-refractivity contribution in [1.29, 1.82) is 0 Å². The zero-order chi connectivity index (χ0) is 17.5. The number of rotatable bonds is 3. The Labute approximate surface area is 143 Å². The lowest BCUT2D eigenvalue weighted by molar-refractivity contribution is 0.569. The highest BCUT2D eigenvalue weighted by atomic mass is 32.2. The zero-order valence-electron chi connectivity index (χ0n) is 14.6. The number of aromatic nitrogens is 3. The van der Waals surface area contributed by atoms with Gasteiger partial charge in [0.2, 0.25) is 0 Å². The second-order valence-electron chi connectivity index (χ2n) is 7.35. The third kappa shape index (κ3) is 3.17. The Kier molecular flexibility index (Phi) is 4.15. The van der Waals surface area contributed by atoms with E-state index in [0.29, 0.717) is 5.69 Å². The fourth-order valence-electron chi connectivity index (χ4n) is 3.09. The highest BCUT2D eigenvalue weighted by molar-refractivity contribution is 7.92. The third-order valence-corrected chi connectivity index (χ3v) is 5.82. The maximum Gasteiger partial charge on any atom is 0.279 e. The van der Waals surface area contributed by atoms with E-state index in [2.05, 4.69) is 35.6 Å². The van der Waals surface area contributed by atoms with Crippen LogP contribution >= 0.6 is 0 Å². The molecule has 6 nitrogen and oxygen atoms in total. The molecule has 0 atom stereocenters. The van der Waals surface area contributed by atoms with E-state index in [-0.39, 0.29) is 10.4 Å². The van der Waals surface area contributed by atoms with Gasteiger partial charge in [-0.2, -0.15) is 13.5 Å². The number of fused-ring (bicyclic) bond motifs is 1. The van der Waals surface area contributed by atoms with Gasteiger partial charge in [-0.15, -0.1) is 0 Å². The lowest BCUT2D eigenvalue weighted by Gasteiger charge is -2.18. The molecule has 0 aliphatic heterocycles. The van der Waals surface area contributed by atoms with Gasteiger partial charge in [0.1, 0.15) is 0 Å². The van der Waals surface area contributed by atoms with Crippen LogP contribution < -0.4 is 4.72 Å². The fraction of sp³-hybridized carbons (Fsp3) is 0.529. The molecular formula is C17H24N4O2S. The van der Waals surface area contributed by atoms with Crippen molar-refractivity contribution >= 4 is 15.7 Å². The molecule has 0 fully saturated rings. The number of nitrogens with one attached hydrogen (secondary N) is 1. The Morgan fingerprint density at radius 1 is 1.17 bits per heavy atom. The molecule has 0 saturated heterocycles. The van der Waals surface area contributed by atoms with Crippen molar-refractivity contribution in [2.75, 3.05) is 4.72 Å². The molecule has 1 aliphatic rings. The topological polar surface area (TPSA) is 76.9 Å². The van der Waals surface area contributed by atoms with Gasteiger partial charge >= 0.3 is 0 Å². The van der Waals surface area contributed by atoms with Crippen molar-refractivity contribution in [3.8, 4) is 0 Å². The van der Waals surface area contributed by atoms with E-state index in [1.807, 2.05) is 6.07 Å². The SMILES string of the molecule is Cn1nc2c(c1S(=O)(=O)Nc1ccc(C(C)(C)C)nc1)CCCC2. The highest BCUT2D eigenvalue weighted by Crippen LogP contribution is 2.28. The van der Waals surface area contributed by atoms with Crippen LogP contribution in [0.4, 0.5) is 5.69 Å². The van der Waals surface area contributed by atoms with Crippen LogP contribution in [0.25, 0.3) is 0 Å².